The van der Waals surface area contributed by atoms with Crippen LogP contribution in [0.15, 0.2) is 0 Å². The molecule has 1 rings (SSSR count). The van der Waals surface area contributed by atoms with Crippen molar-refractivity contribution in [1.82, 2.24) is 0 Å². The zero-order valence-electron chi connectivity index (χ0n) is 11.2. The molecule has 1 aliphatic rings. The van der Waals surface area contributed by atoms with Crippen molar-refractivity contribution in [2.24, 2.45) is 11.1 Å². The SMILES string of the molecule is CCOCC(N)C1(OC)CCC(C)(C)CC1. The first kappa shape index (κ1) is 13.9. The van der Waals surface area contributed by atoms with E-state index in [1.54, 1.807) is 7.11 Å². The lowest BCUT2D eigenvalue weighted by Gasteiger charge is -2.45. The smallest absolute Gasteiger partial charge is 0.0851 e. The van der Waals surface area contributed by atoms with Crippen LogP contribution in [0.3, 0.4) is 0 Å². The monoisotopic (exact) mass is 229 g/mol. The van der Waals surface area contributed by atoms with E-state index in [-0.39, 0.29) is 11.6 Å². The van der Waals surface area contributed by atoms with Gasteiger partial charge in [0, 0.05) is 13.7 Å². The summed E-state index contributed by atoms with van der Waals surface area (Å²) in [7, 11) is 1.78. The first-order valence-corrected chi connectivity index (χ1v) is 6.34. The first-order chi connectivity index (χ1) is 7.46. The summed E-state index contributed by atoms with van der Waals surface area (Å²) in [5.41, 5.74) is 6.49. The van der Waals surface area contributed by atoms with Crippen LogP contribution >= 0.6 is 0 Å². The van der Waals surface area contributed by atoms with Crippen LogP contribution in [0.4, 0.5) is 0 Å². The van der Waals surface area contributed by atoms with Gasteiger partial charge in [0.15, 0.2) is 0 Å². The van der Waals surface area contributed by atoms with Crippen LogP contribution in [0.25, 0.3) is 0 Å². The summed E-state index contributed by atoms with van der Waals surface area (Å²) >= 11 is 0. The Bertz CT molecular complexity index is 206. The van der Waals surface area contributed by atoms with E-state index < -0.39 is 0 Å². The van der Waals surface area contributed by atoms with Crippen LogP contribution in [0.1, 0.15) is 46.5 Å². The average molecular weight is 229 g/mol. The van der Waals surface area contributed by atoms with Gasteiger partial charge >= 0.3 is 0 Å². The van der Waals surface area contributed by atoms with Crippen LogP contribution in [0.2, 0.25) is 0 Å². The zero-order chi connectivity index (χ0) is 12.2. The maximum absolute atomic E-state index is 6.22. The molecular formula is C13H27NO2. The third-order valence-corrected chi connectivity index (χ3v) is 4.03. The van der Waals surface area contributed by atoms with Crippen LogP contribution in [-0.4, -0.2) is 32.0 Å². The highest BCUT2D eigenvalue weighted by Crippen LogP contribution is 2.42. The number of hydrogen-bond acceptors (Lipinski definition) is 3. The highest BCUT2D eigenvalue weighted by molar-refractivity contribution is 4.97. The molecule has 1 saturated carbocycles. The Kier molecular flexibility index (Phi) is 4.77. The molecule has 96 valence electrons. The Labute approximate surface area is 99.7 Å². The van der Waals surface area contributed by atoms with Crippen LogP contribution in [-0.2, 0) is 9.47 Å². The van der Waals surface area contributed by atoms with Gasteiger partial charge in [-0.3, -0.25) is 0 Å². The van der Waals surface area contributed by atoms with Gasteiger partial charge in [-0.2, -0.15) is 0 Å². The average Bonchev–Trinajstić information content (AvgIpc) is 2.27. The van der Waals surface area contributed by atoms with E-state index in [1.165, 1.54) is 12.8 Å². The third-order valence-electron chi connectivity index (χ3n) is 4.03. The lowest BCUT2D eigenvalue weighted by Crippen LogP contribution is -2.54. The summed E-state index contributed by atoms with van der Waals surface area (Å²) in [5.74, 6) is 0. The number of methoxy groups -OCH3 is 1. The van der Waals surface area contributed by atoms with Gasteiger partial charge in [0.1, 0.15) is 0 Å². The molecule has 0 saturated heterocycles. The first-order valence-electron chi connectivity index (χ1n) is 6.34. The van der Waals surface area contributed by atoms with Crippen molar-refractivity contribution < 1.29 is 9.47 Å². The van der Waals surface area contributed by atoms with E-state index in [9.17, 15) is 0 Å². The third kappa shape index (κ3) is 3.19. The van der Waals surface area contributed by atoms with Gasteiger partial charge in [0.25, 0.3) is 0 Å². The predicted molar refractivity (Wildman–Crippen MR) is 66.5 cm³/mol. The molecule has 0 bridgehead atoms. The van der Waals surface area contributed by atoms with Gasteiger partial charge < -0.3 is 15.2 Å². The molecule has 0 heterocycles. The van der Waals surface area contributed by atoms with Gasteiger partial charge in [-0.15, -0.1) is 0 Å². The second kappa shape index (κ2) is 5.48. The van der Waals surface area contributed by atoms with E-state index in [0.29, 0.717) is 12.0 Å². The highest BCUT2D eigenvalue weighted by atomic mass is 16.5. The normalized spacial score (nSPS) is 25.3. The molecule has 0 aromatic heterocycles. The number of rotatable bonds is 5. The van der Waals surface area contributed by atoms with Crippen LogP contribution < -0.4 is 5.73 Å². The van der Waals surface area contributed by atoms with Crippen molar-refractivity contribution in [1.29, 1.82) is 0 Å². The van der Waals surface area contributed by atoms with Crippen LogP contribution in [0.5, 0.6) is 0 Å². The molecule has 0 aliphatic heterocycles. The molecule has 0 radical (unpaired) electrons. The van der Waals surface area contributed by atoms with E-state index in [1.807, 2.05) is 6.92 Å². The Morgan fingerprint density at radius 3 is 2.19 bits per heavy atom. The molecular weight excluding hydrogens is 202 g/mol. The summed E-state index contributed by atoms with van der Waals surface area (Å²) in [5, 5.41) is 0. The second-order valence-electron chi connectivity index (χ2n) is 5.70. The number of nitrogens with two attached hydrogens (primary N) is 1. The van der Waals surface area contributed by atoms with Crippen molar-refractivity contribution in [2.75, 3.05) is 20.3 Å². The van der Waals surface area contributed by atoms with Gasteiger partial charge in [-0.25, -0.2) is 0 Å². The fraction of sp³-hybridized carbons (Fsp3) is 1.00. The Morgan fingerprint density at radius 2 is 1.75 bits per heavy atom. The maximum atomic E-state index is 6.22. The van der Waals surface area contributed by atoms with E-state index >= 15 is 0 Å². The lowest BCUT2D eigenvalue weighted by atomic mass is 9.68. The molecule has 1 atom stereocenters. The molecule has 0 aromatic rings. The van der Waals surface area contributed by atoms with Crippen molar-refractivity contribution in [3.8, 4) is 0 Å². The predicted octanol–water partition coefficient (Wildman–Crippen LogP) is 2.34. The molecule has 3 nitrogen and oxygen atoms in total. The van der Waals surface area contributed by atoms with Gasteiger partial charge in [0.2, 0.25) is 0 Å². The quantitative estimate of drug-likeness (QED) is 0.787. The molecule has 0 aromatic carbocycles. The molecule has 3 heteroatoms. The van der Waals surface area contributed by atoms with E-state index in [2.05, 4.69) is 13.8 Å². The van der Waals surface area contributed by atoms with Crippen molar-refractivity contribution in [3.63, 3.8) is 0 Å². The summed E-state index contributed by atoms with van der Waals surface area (Å²) in [4.78, 5) is 0. The largest absolute Gasteiger partial charge is 0.380 e. The molecule has 1 unspecified atom stereocenters. The molecule has 0 spiro atoms. The minimum atomic E-state index is -0.162. The maximum Gasteiger partial charge on any atom is 0.0851 e. The molecule has 1 aliphatic carbocycles. The van der Waals surface area contributed by atoms with Crippen molar-refractivity contribution >= 4 is 0 Å². The number of ether oxygens (including phenoxy) is 2. The second-order valence-corrected chi connectivity index (χ2v) is 5.70. The van der Waals surface area contributed by atoms with Gasteiger partial charge in [-0.1, -0.05) is 13.8 Å². The van der Waals surface area contributed by atoms with E-state index in [4.69, 9.17) is 15.2 Å². The van der Waals surface area contributed by atoms with Gasteiger partial charge in [-0.05, 0) is 38.0 Å². The summed E-state index contributed by atoms with van der Waals surface area (Å²) in [6.45, 7) is 7.96. The minimum absolute atomic E-state index is 0.00597. The van der Waals surface area contributed by atoms with Gasteiger partial charge in [0.05, 0.1) is 18.2 Å². The fourth-order valence-corrected chi connectivity index (χ4v) is 2.47. The zero-order valence-corrected chi connectivity index (χ0v) is 11.2. The standard InChI is InChI=1S/C13H27NO2/c1-5-16-10-11(14)13(15-4)8-6-12(2,3)7-9-13/h11H,5-10,14H2,1-4H3. The summed E-state index contributed by atoms with van der Waals surface area (Å²) in [6, 6.07) is -0.00597. The Morgan fingerprint density at radius 1 is 1.19 bits per heavy atom. The Hall–Kier alpha value is -0.120. The van der Waals surface area contributed by atoms with Crippen molar-refractivity contribution in [2.45, 2.75) is 58.1 Å². The molecule has 0 amide bonds. The Balaban J connectivity index is 2.58. The molecule has 16 heavy (non-hydrogen) atoms. The van der Waals surface area contributed by atoms with Crippen LogP contribution in [0, 0.1) is 5.41 Å². The minimum Gasteiger partial charge on any atom is -0.380 e. The molecule has 2 N–H and O–H groups in total. The number of hydrogen-bond donors (Lipinski definition) is 1. The van der Waals surface area contributed by atoms with E-state index in [0.717, 1.165) is 19.4 Å². The molecule has 1 fully saturated rings. The topological polar surface area (TPSA) is 44.5 Å². The summed E-state index contributed by atoms with van der Waals surface area (Å²) in [6.07, 6.45) is 4.46. The fourth-order valence-electron chi connectivity index (χ4n) is 2.47. The lowest BCUT2D eigenvalue weighted by molar-refractivity contribution is -0.0925. The highest BCUT2D eigenvalue weighted by Gasteiger charge is 2.42. The summed E-state index contributed by atoms with van der Waals surface area (Å²) < 4.78 is 11.1. The van der Waals surface area contributed by atoms with Crippen molar-refractivity contribution in [3.05, 3.63) is 0 Å².